The molecule has 9 heteroatoms. The van der Waals surface area contributed by atoms with E-state index in [0.29, 0.717) is 23.5 Å². The molecule has 1 saturated heterocycles. The van der Waals surface area contributed by atoms with Crippen molar-refractivity contribution in [3.63, 3.8) is 0 Å². The summed E-state index contributed by atoms with van der Waals surface area (Å²) in [5, 5.41) is 14.3. The lowest BCUT2D eigenvalue weighted by atomic mass is 9.92. The van der Waals surface area contributed by atoms with Crippen LogP contribution >= 0.6 is 0 Å². The summed E-state index contributed by atoms with van der Waals surface area (Å²) in [7, 11) is 0. The predicted octanol–water partition coefficient (Wildman–Crippen LogP) is 3.33. The van der Waals surface area contributed by atoms with Gasteiger partial charge in [-0.05, 0) is 42.5 Å². The van der Waals surface area contributed by atoms with Crippen LogP contribution in [0.5, 0.6) is 0 Å². The molecule has 1 aromatic heterocycles. The van der Waals surface area contributed by atoms with Gasteiger partial charge in [-0.1, -0.05) is 13.8 Å². The zero-order chi connectivity index (χ0) is 18.8. The highest BCUT2D eigenvalue weighted by Crippen LogP contribution is 2.33. The molecule has 1 fully saturated rings. The van der Waals surface area contributed by atoms with Crippen LogP contribution in [0.2, 0.25) is 0 Å². The third-order valence-corrected chi connectivity index (χ3v) is 4.34. The zero-order valence-electron chi connectivity index (χ0n) is 14.6. The van der Waals surface area contributed by atoms with Crippen LogP contribution in [0.3, 0.4) is 0 Å². The highest BCUT2D eigenvalue weighted by Gasteiger charge is 2.28. The van der Waals surface area contributed by atoms with Crippen LogP contribution in [0.25, 0.3) is 0 Å². The minimum Gasteiger partial charge on any atom is -0.378 e. The van der Waals surface area contributed by atoms with E-state index >= 15 is 0 Å². The van der Waals surface area contributed by atoms with Crippen LogP contribution in [0, 0.1) is 27.8 Å². The summed E-state index contributed by atoms with van der Waals surface area (Å²) in [6, 6.07) is 5.46. The first-order valence-electron chi connectivity index (χ1n) is 8.43. The van der Waals surface area contributed by atoms with E-state index < -0.39 is 16.4 Å². The van der Waals surface area contributed by atoms with Gasteiger partial charge in [0.2, 0.25) is 17.6 Å². The van der Waals surface area contributed by atoms with Gasteiger partial charge in [-0.15, -0.1) is 0 Å². The molecule has 1 aromatic carbocycles. The van der Waals surface area contributed by atoms with Crippen LogP contribution in [0.1, 0.15) is 20.3 Å². The van der Waals surface area contributed by atoms with Crippen molar-refractivity contribution in [1.82, 2.24) is 9.97 Å². The molecular weight excluding hydrogens is 339 g/mol. The maximum Gasteiger partial charge on any atom is 0.353 e. The van der Waals surface area contributed by atoms with E-state index in [1.54, 1.807) is 0 Å². The highest BCUT2D eigenvalue weighted by molar-refractivity contribution is 5.74. The maximum absolute atomic E-state index is 13.1. The summed E-state index contributed by atoms with van der Waals surface area (Å²) in [6.07, 6.45) is 1.11. The van der Waals surface area contributed by atoms with Crippen molar-refractivity contribution in [1.29, 1.82) is 0 Å². The molecule has 8 nitrogen and oxygen atoms in total. The third-order valence-electron chi connectivity index (χ3n) is 4.34. The number of nitrogens with two attached hydrogens (primary N) is 1. The number of piperidine rings is 1. The number of hydrogen-bond acceptors (Lipinski definition) is 7. The molecule has 3 rings (SSSR count). The largest absolute Gasteiger partial charge is 0.378 e. The fourth-order valence-electron chi connectivity index (χ4n) is 3.36. The second-order valence-corrected chi connectivity index (χ2v) is 6.85. The smallest absolute Gasteiger partial charge is 0.353 e. The Balaban J connectivity index is 1.99. The van der Waals surface area contributed by atoms with Crippen LogP contribution in [-0.2, 0) is 0 Å². The molecule has 0 aliphatic carbocycles. The number of halogens is 1. The van der Waals surface area contributed by atoms with Gasteiger partial charge in [-0.2, -0.15) is 9.97 Å². The Morgan fingerprint density at radius 3 is 2.42 bits per heavy atom. The average Bonchev–Trinajstić information content (AvgIpc) is 2.55. The zero-order valence-corrected chi connectivity index (χ0v) is 14.6. The van der Waals surface area contributed by atoms with Crippen molar-refractivity contribution < 1.29 is 9.31 Å². The number of aromatic nitrogens is 2. The predicted molar refractivity (Wildman–Crippen MR) is 97.9 cm³/mol. The fraction of sp³-hybridized carbons (Fsp3) is 0.412. The lowest BCUT2D eigenvalue weighted by molar-refractivity contribution is -0.383. The van der Waals surface area contributed by atoms with Crippen LogP contribution in [0.15, 0.2) is 24.3 Å². The Bertz CT molecular complexity index is 804. The number of benzene rings is 1. The molecule has 2 unspecified atom stereocenters. The van der Waals surface area contributed by atoms with Crippen LogP contribution in [0.4, 0.5) is 33.3 Å². The Hall–Kier alpha value is -2.97. The summed E-state index contributed by atoms with van der Waals surface area (Å²) < 4.78 is 13.1. The summed E-state index contributed by atoms with van der Waals surface area (Å²) in [5.41, 5.74) is 5.94. The lowest BCUT2D eigenvalue weighted by Crippen LogP contribution is -2.39. The Kier molecular flexibility index (Phi) is 4.88. The molecule has 2 aromatic rings. The molecule has 138 valence electrons. The first kappa shape index (κ1) is 17.8. The van der Waals surface area contributed by atoms with Crippen molar-refractivity contribution in [3.05, 3.63) is 40.2 Å². The summed E-state index contributed by atoms with van der Waals surface area (Å²) in [4.78, 5) is 21.3. The minimum atomic E-state index is -0.619. The fourth-order valence-corrected chi connectivity index (χ4v) is 3.36. The first-order valence-corrected chi connectivity index (χ1v) is 8.43. The monoisotopic (exact) mass is 360 g/mol. The van der Waals surface area contributed by atoms with Gasteiger partial charge in [0, 0.05) is 18.8 Å². The van der Waals surface area contributed by atoms with Gasteiger partial charge < -0.3 is 16.0 Å². The van der Waals surface area contributed by atoms with E-state index in [1.807, 2.05) is 4.90 Å². The van der Waals surface area contributed by atoms with Crippen molar-refractivity contribution in [2.45, 2.75) is 20.3 Å². The van der Waals surface area contributed by atoms with E-state index in [1.165, 1.54) is 24.3 Å². The van der Waals surface area contributed by atoms with Gasteiger partial charge in [0.15, 0.2) is 0 Å². The van der Waals surface area contributed by atoms with E-state index in [-0.39, 0.29) is 11.6 Å². The van der Waals surface area contributed by atoms with Gasteiger partial charge in [0.1, 0.15) is 5.82 Å². The van der Waals surface area contributed by atoms with Crippen molar-refractivity contribution in [2.24, 2.45) is 11.8 Å². The maximum atomic E-state index is 13.1. The molecule has 1 aliphatic heterocycles. The summed E-state index contributed by atoms with van der Waals surface area (Å²) >= 11 is 0. The van der Waals surface area contributed by atoms with E-state index in [9.17, 15) is 14.5 Å². The minimum absolute atomic E-state index is 0.00464. The quantitative estimate of drug-likeness (QED) is 0.635. The number of hydrogen-bond donors (Lipinski definition) is 2. The second kappa shape index (κ2) is 7.11. The van der Waals surface area contributed by atoms with E-state index in [2.05, 4.69) is 29.1 Å². The normalized spacial score (nSPS) is 20.0. The molecule has 2 heterocycles. The summed E-state index contributed by atoms with van der Waals surface area (Å²) in [6.45, 7) is 5.82. The SMILES string of the molecule is CC1CC(C)CN(c2nc(N)c([N+](=O)[O-])c(Nc3ccc(F)cc3)n2)C1. The molecule has 3 N–H and O–H groups in total. The van der Waals surface area contributed by atoms with Gasteiger partial charge in [-0.25, -0.2) is 4.39 Å². The second-order valence-electron chi connectivity index (χ2n) is 6.85. The van der Waals surface area contributed by atoms with Gasteiger partial charge in [-0.3, -0.25) is 10.1 Å². The van der Waals surface area contributed by atoms with Gasteiger partial charge >= 0.3 is 5.69 Å². The topological polar surface area (TPSA) is 110 Å². The molecule has 1 aliphatic rings. The standard InChI is InChI=1S/C17H21FN6O2/c1-10-7-11(2)9-23(8-10)17-21-15(19)14(24(25)26)16(22-17)20-13-5-3-12(18)4-6-13/h3-6,10-11H,7-9H2,1-2H3,(H3,19,20,21,22). The van der Waals surface area contributed by atoms with Crippen molar-refractivity contribution in [3.8, 4) is 0 Å². The molecule has 0 spiro atoms. The number of anilines is 4. The number of nitro groups is 1. The first-order chi connectivity index (χ1) is 12.3. The van der Waals surface area contributed by atoms with E-state index in [4.69, 9.17) is 5.73 Å². The van der Waals surface area contributed by atoms with Crippen LogP contribution in [-0.4, -0.2) is 28.0 Å². The summed E-state index contributed by atoms with van der Waals surface area (Å²) in [5.74, 6) is 0.686. The van der Waals surface area contributed by atoms with Crippen molar-refractivity contribution in [2.75, 3.05) is 29.0 Å². The molecule has 0 radical (unpaired) electrons. The van der Waals surface area contributed by atoms with Gasteiger partial charge in [0.05, 0.1) is 4.92 Å². The molecule has 0 amide bonds. The molecule has 0 saturated carbocycles. The lowest BCUT2D eigenvalue weighted by Gasteiger charge is -2.35. The van der Waals surface area contributed by atoms with E-state index in [0.717, 1.165) is 19.5 Å². The third kappa shape index (κ3) is 3.81. The Morgan fingerprint density at radius 2 is 1.85 bits per heavy atom. The van der Waals surface area contributed by atoms with Crippen LogP contribution < -0.4 is 16.0 Å². The van der Waals surface area contributed by atoms with Crippen molar-refractivity contribution >= 4 is 29.0 Å². The Labute approximate surface area is 150 Å². The molecule has 2 atom stereocenters. The number of nitrogen functional groups attached to an aromatic ring is 1. The average molecular weight is 360 g/mol. The number of nitrogens with zero attached hydrogens (tertiary/aromatic N) is 4. The molecule has 26 heavy (non-hydrogen) atoms. The number of rotatable bonds is 4. The molecular formula is C17H21FN6O2. The van der Waals surface area contributed by atoms with Gasteiger partial charge in [0.25, 0.3) is 0 Å². The highest BCUT2D eigenvalue weighted by atomic mass is 19.1. The molecule has 0 bridgehead atoms. The number of nitrogens with one attached hydrogen (secondary N) is 1. The Morgan fingerprint density at radius 1 is 1.23 bits per heavy atom.